The third-order valence-electron chi connectivity index (χ3n) is 4.57. The number of thioether (sulfide) groups is 1. The van der Waals surface area contributed by atoms with E-state index in [0.29, 0.717) is 39.3 Å². The number of H-pyrrole nitrogens is 1. The Morgan fingerprint density at radius 1 is 1.03 bits per heavy atom. The van der Waals surface area contributed by atoms with Crippen molar-refractivity contribution in [1.29, 1.82) is 0 Å². The summed E-state index contributed by atoms with van der Waals surface area (Å²) in [6.45, 7) is 0.357. The van der Waals surface area contributed by atoms with Gasteiger partial charge in [0.25, 0.3) is 5.56 Å². The van der Waals surface area contributed by atoms with E-state index in [2.05, 4.69) is 9.97 Å². The Labute approximate surface area is 180 Å². The van der Waals surface area contributed by atoms with Crippen LogP contribution in [-0.4, -0.2) is 19.1 Å². The average molecular weight is 447 g/mol. The number of nitrogens with one attached hydrogen (secondary N) is 1. The van der Waals surface area contributed by atoms with E-state index in [-0.39, 0.29) is 0 Å². The predicted octanol–water partition coefficient (Wildman–Crippen LogP) is 4.07. The molecule has 0 fully saturated rings. The Morgan fingerprint density at radius 3 is 2.45 bits per heavy atom. The molecule has 4 rings (SSSR count). The molecule has 0 aliphatic carbocycles. The van der Waals surface area contributed by atoms with E-state index in [0.717, 1.165) is 10.5 Å². The Hall–Kier alpha value is -2.48. The summed E-state index contributed by atoms with van der Waals surface area (Å²) in [5, 5.41) is 1.25. The van der Waals surface area contributed by atoms with Crippen molar-refractivity contribution in [2.45, 2.75) is 17.2 Å². The van der Waals surface area contributed by atoms with E-state index in [1.165, 1.54) is 16.3 Å². The molecule has 0 saturated heterocycles. The second kappa shape index (κ2) is 8.10. The number of rotatable bonds is 5. The molecular formula is C20H16Cl2N4O2S. The largest absolute Gasteiger partial charge is 0.329 e. The zero-order valence-corrected chi connectivity index (χ0v) is 17.7. The number of hydrogen-bond acceptors (Lipinski definition) is 4. The molecule has 0 amide bonds. The summed E-state index contributed by atoms with van der Waals surface area (Å²) in [7, 11) is 1.58. The molecule has 4 aromatic rings. The Bertz CT molecular complexity index is 1330. The van der Waals surface area contributed by atoms with Crippen LogP contribution in [0.2, 0.25) is 10.0 Å². The van der Waals surface area contributed by atoms with Gasteiger partial charge < -0.3 is 4.57 Å². The molecule has 2 aromatic carbocycles. The van der Waals surface area contributed by atoms with Gasteiger partial charge in [-0.1, -0.05) is 53.5 Å². The maximum absolute atomic E-state index is 12.6. The lowest BCUT2D eigenvalue weighted by molar-refractivity contribution is 0.775. The number of fused-ring (bicyclic) bond motifs is 1. The van der Waals surface area contributed by atoms with Crippen LogP contribution in [0.1, 0.15) is 11.4 Å². The van der Waals surface area contributed by atoms with Crippen LogP contribution in [0.3, 0.4) is 0 Å². The highest BCUT2D eigenvalue weighted by molar-refractivity contribution is 7.98. The second-order valence-corrected chi connectivity index (χ2v) is 8.25. The molecule has 29 heavy (non-hydrogen) atoms. The zero-order chi connectivity index (χ0) is 20.5. The van der Waals surface area contributed by atoms with Gasteiger partial charge in [-0.05, 0) is 23.8 Å². The molecule has 148 valence electrons. The van der Waals surface area contributed by atoms with Gasteiger partial charge in [0.1, 0.15) is 5.82 Å². The van der Waals surface area contributed by atoms with Gasteiger partial charge in [0.15, 0.2) is 11.2 Å². The Balaban J connectivity index is 1.84. The maximum atomic E-state index is 12.6. The van der Waals surface area contributed by atoms with Gasteiger partial charge in [-0.2, -0.15) is 0 Å². The number of halogens is 2. The van der Waals surface area contributed by atoms with Crippen LogP contribution in [0, 0.1) is 0 Å². The van der Waals surface area contributed by atoms with Crippen molar-refractivity contribution in [3.05, 3.63) is 90.8 Å². The number of hydrogen-bond donors (Lipinski definition) is 1. The highest BCUT2D eigenvalue weighted by Crippen LogP contribution is 2.30. The minimum absolute atomic E-state index is 0.334. The number of aryl methyl sites for hydroxylation is 1. The maximum Gasteiger partial charge on any atom is 0.329 e. The van der Waals surface area contributed by atoms with Crippen LogP contribution in [-0.2, 0) is 19.3 Å². The normalized spacial score (nSPS) is 11.3. The fourth-order valence-electron chi connectivity index (χ4n) is 3.06. The van der Waals surface area contributed by atoms with Crippen molar-refractivity contribution < 1.29 is 0 Å². The molecule has 0 aliphatic rings. The quantitative estimate of drug-likeness (QED) is 0.468. The Morgan fingerprint density at radius 2 is 1.72 bits per heavy atom. The molecule has 0 aliphatic heterocycles. The van der Waals surface area contributed by atoms with Crippen LogP contribution in [0.25, 0.3) is 11.2 Å². The van der Waals surface area contributed by atoms with Crippen molar-refractivity contribution in [3.63, 3.8) is 0 Å². The van der Waals surface area contributed by atoms with Crippen LogP contribution in [0.15, 0.2) is 63.0 Å². The van der Waals surface area contributed by atoms with Crippen LogP contribution in [0.4, 0.5) is 0 Å². The first kappa shape index (κ1) is 19.8. The smallest absolute Gasteiger partial charge is 0.317 e. The molecule has 6 nitrogen and oxygen atoms in total. The minimum atomic E-state index is -0.504. The summed E-state index contributed by atoms with van der Waals surface area (Å²) in [5.41, 5.74) is 0.542. The first-order chi connectivity index (χ1) is 14.0. The van der Waals surface area contributed by atoms with E-state index < -0.39 is 11.2 Å². The summed E-state index contributed by atoms with van der Waals surface area (Å²) in [5.74, 6) is 1.12. The standard InChI is InChI=1S/C20H16Cl2N4O2S/c1-25-18-17(19(27)24-20(25)28)26(10-12-6-2-3-7-13(12)21)16(23-18)11-29-15-9-5-4-8-14(15)22/h2-9H,10-11H2,1H3,(H,24,27,28). The van der Waals surface area contributed by atoms with Crippen LogP contribution in [0.5, 0.6) is 0 Å². The van der Waals surface area contributed by atoms with Crippen LogP contribution < -0.4 is 11.2 Å². The average Bonchev–Trinajstić information content (AvgIpc) is 3.06. The van der Waals surface area contributed by atoms with Gasteiger partial charge in [0.05, 0.1) is 17.3 Å². The van der Waals surface area contributed by atoms with Gasteiger partial charge >= 0.3 is 5.69 Å². The highest BCUT2D eigenvalue weighted by atomic mass is 35.5. The lowest BCUT2D eigenvalue weighted by Gasteiger charge is -2.10. The highest BCUT2D eigenvalue weighted by Gasteiger charge is 2.18. The second-order valence-electron chi connectivity index (χ2n) is 6.42. The van der Waals surface area contributed by atoms with Gasteiger partial charge in [-0.25, -0.2) is 9.78 Å². The van der Waals surface area contributed by atoms with Crippen LogP contribution >= 0.6 is 35.0 Å². The predicted molar refractivity (Wildman–Crippen MR) is 117 cm³/mol. The van der Waals surface area contributed by atoms with Crippen molar-refractivity contribution >= 4 is 46.1 Å². The third-order valence-corrected chi connectivity index (χ3v) is 6.45. The lowest BCUT2D eigenvalue weighted by atomic mass is 10.2. The first-order valence-corrected chi connectivity index (χ1v) is 10.5. The van der Waals surface area contributed by atoms with Crippen molar-refractivity contribution in [1.82, 2.24) is 19.1 Å². The molecule has 0 atom stereocenters. The molecule has 0 unspecified atom stereocenters. The number of imidazole rings is 1. The summed E-state index contributed by atoms with van der Waals surface area (Å²) in [6, 6.07) is 15.0. The molecule has 2 heterocycles. The van der Waals surface area contributed by atoms with E-state index in [4.69, 9.17) is 23.2 Å². The van der Waals surface area contributed by atoms with E-state index in [9.17, 15) is 9.59 Å². The molecule has 0 saturated carbocycles. The lowest BCUT2D eigenvalue weighted by Crippen LogP contribution is -2.29. The number of nitrogens with zero attached hydrogens (tertiary/aromatic N) is 3. The topological polar surface area (TPSA) is 72.7 Å². The summed E-state index contributed by atoms with van der Waals surface area (Å²) >= 11 is 14.1. The van der Waals surface area contributed by atoms with Crippen molar-refractivity contribution in [3.8, 4) is 0 Å². The van der Waals surface area contributed by atoms with E-state index in [1.807, 2.05) is 42.5 Å². The SMILES string of the molecule is Cn1c(=O)[nH]c(=O)c2c1nc(CSc1ccccc1Cl)n2Cc1ccccc1Cl. The molecule has 1 N–H and O–H groups in total. The molecular weight excluding hydrogens is 431 g/mol. The fourth-order valence-corrected chi connectivity index (χ4v) is 4.44. The molecule has 0 bridgehead atoms. The molecule has 9 heteroatoms. The molecule has 0 spiro atoms. The van der Waals surface area contributed by atoms with Gasteiger partial charge in [0, 0.05) is 17.0 Å². The van der Waals surface area contributed by atoms with Gasteiger partial charge in [-0.3, -0.25) is 14.3 Å². The molecule has 2 aromatic heterocycles. The van der Waals surface area contributed by atoms with Crippen molar-refractivity contribution in [2.24, 2.45) is 7.05 Å². The minimum Gasteiger partial charge on any atom is -0.317 e. The fraction of sp³-hybridized carbons (Fsp3) is 0.150. The Kier molecular flexibility index (Phi) is 5.54. The van der Waals surface area contributed by atoms with E-state index in [1.54, 1.807) is 17.7 Å². The summed E-state index contributed by atoms with van der Waals surface area (Å²) < 4.78 is 3.14. The van der Waals surface area contributed by atoms with E-state index >= 15 is 0 Å². The summed E-state index contributed by atoms with van der Waals surface area (Å²) in [6.07, 6.45) is 0. The van der Waals surface area contributed by atoms with Gasteiger partial charge in [0.2, 0.25) is 0 Å². The number of aromatic nitrogens is 4. The summed E-state index contributed by atoms with van der Waals surface area (Å²) in [4.78, 5) is 32.5. The van der Waals surface area contributed by atoms with Crippen molar-refractivity contribution in [2.75, 3.05) is 0 Å². The monoisotopic (exact) mass is 446 g/mol. The number of benzene rings is 2. The zero-order valence-electron chi connectivity index (χ0n) is 15.4. The molecule has 0 radical (unpaired) electrons. The first-order valence-electron chi connectivity index (χ1n) is 8.75. The third kappa shape index (κ3) is 3.85. The van der Waals surface area contributed by atoms with Gasteiger partial charge in [-0.15, -0.1) is 11.8 Å². The number of aromatic amines is 1.